The van der Waals surface area contributed by atoms with Crippen LogP contribution in [0, 0.1) is 13.8 Å². The Bertz CT molecular complexity index is 1110. The number of aromatic nitrogens is 2. The number of carbonyl (C=O) groups excluding carboxylic acids is 2. The molecule has 7 nitrogen and oxygen atoms in total. The summed E-state index contributed by atoms with van der Waals surface area (Å²) in [7, 11) is 0. The minimum absolute atomic E-state index is 0.0413. The highest BCUT2D eigenvalue weighted by Gasteiger charge is 2.24. The number of nitrogens with zero attached hydrogens (tertiary/aromatic N) is 1. The summed E-state index contributed by atoms with van der Waals surface area (Å²) in [6.07, 6.45) is 2.00. The second-order valence-corrected chi connectivity index (χ2v) is 9.50. The number of aryl methyl sites for hydroxylation is 2. The minimum Gasteiger partial charge on any atom is -0.384 e. The van der Waals surface area contributed by atoms with E-state index in [-0.39, 0.29) is 17.2 Å². The zero-order valence-corrected chi connectivity index (χ0v) is 20.0. The Labute approximate surface area is 195 Å². The SMILES string of the molecule is Cc1cc(C)c(C(=O)N[C@@H](Cc2ccc(C(C)(C)C)cc2)C(=O)NCc2ccc(N)nc2)[nH]1. The number of hydrogen-bond donors (Lipinski definition) is 4. The summed E-state index contributed by atoms with van der Waals surface area (Å²) < 4.78 is 0. The number of aromatic amines is 1. The third-order valence-electron chi connectivity index (χ3n) is 5.57. The van der Waals surface area contributed by atoms with E-state index in [1.54, 1.807) is 12.3 Å². The number of hydrogen-bond acceptors (Lipinski definition) is 4. The van der Waals surface area contributed by atoms with Crippen LogP contribution < -0.4 is 16.4 Å². The van der Waals surface area contributed by atoms with Gasteiger partial charge in [0.05, 0.1) is 0 Å². The van der Waals surface area contributed by atoms with Crippen LogP contribution in [0.15, 0.2) is 48.7 Å². The van der Waals surface area contributed by atoms with Gasteiger partial charge >= 0.3 is 0 Å². The summed E-state index contributed by atoms with van der Waals surface area (Å²) in [4.78, 5) is 33.2. The van der Waals surface area contributed by atoms with Gasteiger partial charge in [-0.3, -0.25) is 9.59 Å². The van der Waals surface area contributed by atoms with Gasteiger partial charge in [0.2, 0.25) is 5.91 Å². The molecule has 0 spiro atoms. The van der Waals surface area contributed by atoms with Crippen LogP contribution in [0.25, 0.3) is 0 Å². The van der Waals surface area contributed by atoms with E-state index in [0.29, 0.717) is 24.5 Å². The summed E-state index contributed by atoms with van der Waals surface area (Å²) in [6, 6.07) is 12.9. The second kappa shape index (κ2) is 9.90. The van der Waals surface area contributed by atoms with Crippen LogP contribution >= 0.6 is 0 Å². The van der Waals surface area contributed by atoms with Gasteiger partial charge in [0, 0.05) is 24.9 Å². The molecule has 3 aromatic rings. The Morgan fingerprint density at radius 3 is 2.27 bits per heavy atom. The molecule has 0 saturated carbocycles. The molecule has 0 aliphatic heterocycles. The van der Waals surface area contributed by atoms with E-state index in [1.165, 1.54) is 5.56 Å². The fourth-order valence-corrected chi connectivity index (χ4v) is 3.63. The van der Waals surface area contributed by atoms with Crippen molar-refractivity contribution >= 4 is 17.6 Å². The molecule has 0 fully saturated rings. The highest BCUT2D eigenvalue weighted by Crippen LogP contribution is 2.22. The molecule has 1 atom stereocenters. The van der Waals surface area contributed by atoms with Crippen molar-refractivity contribution in [2.75, 3.05) is 5.73 Å². The predicted octanol–water partition coefficient (Wildman–Crippen LogP) is 3.56. The molecule has 2 heterocycles. The molecule has 0 aliphatic rings. The molecule has 7 heteroatoms. The maximum atomic E-state index is 13.1. The van der Waals surface area contributed by atoms with Crippen molar-refractivity contribution in [3.8, 4) is 0 Å². The monoisotopic (exact) mass is 447 g/mol. The van der Waals surface area contributed by atoms with Crippen LogP contribution in [0.3, 0.4) is 0 Å². The van der Waals surface area contributed by atoms with Crippen LogP contribution in [0.1, 0.15) is 59.2 Å². The summed E-state index contributed by atoms with van der Waals surface area (Å²) in [5.41, 5.74) is 10.9. The number of anilines is 1. The summed E-state index contributed by atoms with van der Waals surface area (Å²) in [5, 5.41) is 5.81. The number of carbonyl (C=O) groups is 2. The van der Waals surface area contributed by atoms with Gasteiger partial charge in [-0.15, -0.1) is 0 Å². The number of H-pyrrole nitrogens is 1. The Morgan fingerprint density at radius 1 is 1.06 bits per heavy atom. The van der Waals surface area contributed by atoms with E-state index in [2.05, 4.69) is 53.5 Å². The molecule has 0 unspecified atom stereocenters. The average molecular weight is 448 g/mol. The Kier molecular flexibility index (Phi) is 7.21. The maximum absolute atomic E-state index is 13.1. The predicted molar refractivity (Wildman–Crippen MR) is 131 cm³/mol. The highest BCUT2D eigenvalue weighted by atomic mass is 16.2. The topological polar surface area (TPSA) is 113 Å². The molecule has 3 rings (SSSR count). The molecule has 1 aromatic carbocycles. The first-order valence-electron chi connectivity index (χ1n) is 11.1. The van der Waals surface area contributed by atoms with Crippen molar-refractivity contribution in [2.24, 2.45) is 0 Å². The van der Waals surface area contributed by atoms with Crippen LogP contribution in [0.2, 0.25) is 0 Å². The molecule has 2 amide bonds. The number of nitrogens with two attached hydrogens (primary N) is 1. The van der Waals surface area contributed by atoms with Crippen molar-refractivity contribution in [2.45, 2.75) is 59.0 Å². The summed E-state index contributed by atoms with van der Waals surface area (Å²) >= 11 is 0. The van der Waals surface area contributed by atoms with E-state index >= 15 is 0 Å². The quantitative estimate of drug-likeness (QED) is 0.443. The Balaban J connectivity index is 1.77. The molecule has 0 bridgehead atoms. The third-order valence-corrected chi connectivity index (χ3v) is 5.57. The van der Waals surface area contributed by atoms with Crippen molar-refractivity contribution < 1.29 is 9.59 Å². The highest BCUT2D eigenvalue weighted by molar-refractivity contribution is 5.97. The zero-order chi connectivity index (χ0) is 24.2. The number of nitrogens with one attached hydrogen (secondary N) is 3. The molecule has 5 N–H and O–H groups in total. The number of benzene rings is 1. The van der Waals surface area contributed by atoms with E-state index in [0.717, 1.165) is 22.4 Å². The molecule has 0 aliphatic carbocycles. The molecule has 0 saturated heterocycles. The molecule has 2 aromatic heterocycles. The van der Waals surface area contributed by atoms with Gasteiger partial charge in [0.1, 0.15) is 17.6 Å². The maximum Gasteiger partial charge on any atom is 0.268 e. The fraction of sp³-hybridized carbons (Fsp3) is 0.346. The van der Waals surface area contributed by atoms with Crippen LogP contribution in [-0.2, 0) is 23.2 Å². The molecular weight excluding hydrogens is 414 g/mol. The lowest BCUT2D eigenvalue weighted by Gasteiger charge is -2.21. The third kappa shape index (κ3) is 6.44. The van der Waals surface area contributed by atoms with Crippen molar-refractivity contribution in [1.82, 2.24) is 20.6 Å². The van der Waals surface area contributed by atoms with Gasteiger partial charge < -0.3 is 21.4 Å². The first-order chi connectivity index (χ1) is 15.5. The summed E-state index contributed by atoms with van der Waals surface area (Å²) in [6.45, 7) is 10.5. The lowest BCUT2D eigenvalue weighted by atomic mass is 9.86. The van der Waals surface area contributed by atoms with Crippen molar-refractivity contribution in [3.05, 3.63) is 82.3 Å². The van der Waals surface area contributed by atoms with E-state index in [1.807, 2.05) is 38.1 Å². The first-order valence-corrected chi connectivity index (χ1v) is 11.1. The fourth-order valence-electron chi connectivity index (χ4n) is 3.63. The normalized spacial score (nSPS) is 12.3. The minimum atomic E-state index is -0.734. The second-order valence-electron chi connectivity index (χ2n) is 9.50. The molecular formula is C26H33N5O2. The van der Waals surface area contributed by atoms with E-state index in [4.69, 9.17) is 5.73 Å². The molecule has 33 heavy (non-hydrogen) atoms. The lowest BCUT2D eigenvalue weighted by molar-refractivity contribution is -0.123. The smallest absolute Gasteiger partial charge is 0.268 e. The van der Waals surface area contributed by atoms with Crippen molar-refractivity contribution in [1.29, 1.82) is 0 Å². The van der Waals surface area contributed by atoms with Gasteiger partial charge in [-0.05, 0) is 53.6 Å². The van der Waals surface area contributed by atoms with Gasteiger partial charge in [-0.2, -0.15) is 0 Å². The first kappa shape index (κ1) is 24.0. The molecule has 0 radical (unpaired) electrons. The van der Waals surface area contributed by atoms with Gasteiger partial charge in [-0.1, -0.05) is 51.1 Å². The van der Waals surface area contributed by atoms with Gasteiger partial charge in [-0.25, -0.2) is 4.98 Å². The number of nitrogen functional groups attached to an aromatic ring is 1. The number of rotatable bonds is 7. The van der Waals surface area contributed by atoms with Crippen LogP contribution in [0.4, 0.5) is 5.82 Å². The van der Waals surface area contributed by atoms with Gasteiger partial charge in [0.25, 0.3) is 5.91 Å². The average Bonchev–Trinajstić information content (AvgIpc) is 3.10. The largest absolute Gasteiger partial charge is 0.384 e. The standard InChI is InChI=1S/C26H33N5O2/c1-16-12-17(2)30-23(16)25(33)31-21(13-18-6-9-20(10-7-18)26(3,4)5)24(32)29-15-19-8-11-22(27)28-14-19/h6-12,14,21,30H,13,15H2,1-5H3,(H2,27,28)(H,29,32)(H,31,33)/t21-/m0/s1. The lowest BCUT2D eigenvalue weighted by Crippen LogP contribution is -2.48. The van der Waals surface area contributed by atoms with Crippen LogP contribution in [0.5, 0.6) is 0 Å². The van der Waals surface area contributed by atoms with Crippen LogP contribution in [-0.4, -0.2) is 27.8 Å². The van der Waals surface area contributed by atoms with E-state index < -0.39 is 6.04 Å². The number of amides is 2. The van der Waals surface area contributed by atoms with Crippen molar-refractivity contribution in [3.63, 3.8) is 0 Å². The van der Waals surface area contributed by atoms with E-state index in [9.17, 15) is 9.59 Å². The molecule has 174 valence electrons. The summed E-state index contributed by atoms with van der Waals surface area (Å²) in [5.74, 6) is -0.146. The Hall–Kier alpha value is -3.61. The Morgan fingerprint density at radius 2 is 1.73 bits per heavy atom. The number of pyridine rings is 1. The van der Waals surface area contributed by atoms with Gasteiger partial charge in [0.15, 0.2) is 0 Å². The zero-order valence-electron chi connectivity index (χ0n) is 20.0.